The first-order valence-corrected chi connectivity index (χ1v) is 3.88. The third kappa shape index (κ3) is 2.50. The molecule has 0 amide bonds. The fourth-order valence-corrected chi connectivity index (χ4v) is 0.976. The number of hydrogen-bond donors (Lipinski definition) is 1. The highest BCUT2D eigenvalue weighted by Gasteiger charge is 2.33. The quantitative estimate of drug-likeness (QED) is 0.794. The van der Waals surface area contributed by atoms with Crippen LogP contribution in [0.5, 0.6) is 5.88 Å². The van der Waals surface area contributed by atoms with Crippen LogP contribution in [-0.4, -0.2) is 11.3 Å². The number of nitriles is 1. The first-order chi connectivity index (χ1) is 7.39. The second-order valence-electron chi connectivity index (χ2n) is 2.66. The molecular weight excluding hydrogens is 230 g/mol. The average molecular weight is 235 g/mol. The second-order valence-corrected chi connectivity index (χ2v) is 2.66. The summed E-state index contributed by atoms with van der Waals surface area (Å²) < 4.78 is 51.5. The van der Waals surface area contributed by atoms with Crippen LogP contribution < -0.4 is 10.5 Å². The van der Waals surface area contributed by atoms with Crippen LogP contribution in [0, 0.1) is 11.3 Å². The van der Waals surface area contributed by atoms with Gasteiger partial charge in [-0.2, -0.15) is 5.26 Å². The summed E-state index contributed by atoms with van der Waals surface area (Å²) in [6.45, 7) is -1.18. The molecule has 0 saturated carbocycles. The molecule has 16 heavy (non-hydrogen) atoms. The van der Waals surface area contributed by atoms with E-state index in [9.17, 15) is 17.6 Å². The monoisotopic (exact) mass is 235 g/mol. The van der Waals surface area contributed by atoms with Gasteiger partial charge in [-0.05, 0) is 0 Å². The van der Waals surface area contributed by atoms with E-state index in [0.29, 0.717) is 0 Å². The Balaban J connectivity index is 3.20. The minimum Gasteiger partial charge on any atom is -0.394 e. The van der Waals surface area contributed by atoms with Crippen molar-refractivity contribution in [1.82, 2.24) is 4.98 Å². The number of rotatable bonds is 2. The summed E-state index contributed by atoms with van der Waals surface area (Å²) in [5, 5.41) is 8.52. The zero-order valence-electron chi connectivity index (χ0n) is 7.68. The molecule has 0 unspecified atom stereocenters. The van der Waals surface area contributed by atoms with Crippen LogP contribution in [0.15, 0.2) is 6.20 Å². The predicted molar refractivity (Wildman–Crippen MR) is 44.9 cm³/mol. The van der Waals surface area contributed by atoms with Gasteiger partial charge in [-0.15, -0.1) is 13.2 Å². The number of hydrogen-bond acceptors (Lipinski definition) is 4. The lowest BCUT2D eigenvalue weighted by Crippen LogP contribution is -2.19. The van der Waals surface area contributed by atoms with Crippen LogP contribution in [0.4, 0.5) is 23.2 Å². The van der Waals surface area contributed by atoms with Crippen molar-refractivity contribution in [3.8, 4) is 11.9 Å². The van der Waals surface area contributed by atoms with Crippen LogP contribution in [-0.2, 0) is 6.67 Å². The fraction of sp³-hybridized carbons (Fsp3) is 0.250. The highest BCUT2D eigenvalue weighted by atomic mass is 19.4. The van der Waals surface area contributed by atoms with E-state index in [0.717, 1.165) is 6.20 Å². The van der Waals surface area contributed by atoms with Gasteiger partial charge in [-0.25, -0.2) is 9.37 Å². The van der Waals surface area contributed by atoms with Gasteiger partial charge < -0.3 is 10.5 Å². The molecule has 0 radical (unpaired) electrons. The molecule has 86 valence electrons. The SMILES string of the molecule is N#Cc1cnc(OC(F)(F)F)c(N)c1CF. The number of pyridine rings is 1. The Morgan fingerprint density at radius 2 is 2.12 bits per heavy atom. The van der Waals surface area contributed by atoms with Gasteiger partial charge in [0.1, 0.15) is 18.4 Å². The second kappa shape index (κ2) is 4.22. The van der Waals surface area contributed by atoms with Crippen LogP contribution in [0.2, 0.25) is 0 Å². The number of halogens is 4. The highest BCUT2D eigenvalue weighted by molar-refractivity contribution is 5.60. The van der Waals surface area contributed by atoms with Gasteiger partial charge in [0, 0.05) is 11.8 Å². The Morgan fingerprint density at radius 3 is 2.56 bits per heavy atom. The minimum atomic E-state index is -4.97. The fourth-order valence-electron chi connectivity index (χ4n) is 0.976. The summed E-state index contributed by atoms with van der Waals surface area (Å²) in [6, 6.07) is 1.56. The molecule has 1 aromatic rings. The maximum Gasteiger partial charge on any atom is 0.574 e. The van der Waals surface area contributed by atoms with E-state index in [1.165, 1.54) is 0 Å². The molecule has 1 rings (SSSR count). The van der Waals surface area contributed by atoms with E-state index < -0.39 is 24.6 Å². The maximum atomic E-state index is 12.5. The normalized spacial score (nSPS) is 10.9. The van der Waals surface area contributed by atoms with Gasteiger partial charge in [0.2, 0.25) is 5.88 Å². The number of anilines is 1. The van der Waals surface area contributed by atoms with Crippen LogP contribution >= 0.6 is 0 Å². The molecule has 0 atom stereocenters. The summed E-state index contributed by atoms with van der Waals surface area (Å²) in [5.41, 5.74) is 3.98. The van der Waals surface area contributed by atoms with E-state index in [1.807, 2.05) is 0 Å². The lowest BCUT2D eigenvalue weighted by molar-refractivity contribution is -0.275. The van der Waals surface area contributed by atoms with Gasteiger partial charge in [-0.3, -0.25) is 0 Å². The van der Waals surface area contributed by atoms with Crippen LogP contribution in [0.3, 0.4) is 0 Å². The first kappa shape index (κ1) is 12.0. The van der Waals surface area contributed by atoms with Gasteiger partial charge in [0.05, 0.1) is 5.56 Å². The summed E-state index contributed by atoms with van der Waals surface area (Å²) in [5.74, 6) is -0.959. The molecule has 2 N–H and O–H groups in total. The topological polar surface area (TPSA) is 71.9 Å². The molecule has 0 aliphatic carbocycles. The Kier molecular flexibility index (Phi) is 3.17. The summed E-state index contributed by atoms with van der Waals surface area (Å²) >= 11 is 0. The molecule has 0 aliphatic heterocycles. The molecule has 0 spiro atoms. The van der Waals surface area contributed by atoms with Crippen molar-refractivity contribution >= 4 is 5.69 Å². The largest absolute Gasteiger partial charge is 0.574 e. The zero-order chi connectivity index (χ0) is 12.3. The Bertz CT molecular complexity index is 438. The number of nitrogen functional groups attached to an aromatic ring is 1. The molecule has 4 nitrogen and oxygen atoms in total. The Labute approximate surface area is 87.3 Å². The molecule has 1 heterocycles. The van der Waals surface area contributed by atoms with E-state index in [2.05, 4.69) is 9.72 Å². The van der Waals surface area contributed by atoms with Crippen LogP contribution in [0.25, 0.3) is 0 Å². The highest BCUT2D eigenvalue weighted by Crippen LogP contribution is 2.30. The van der Waals surface area contributed by atoms with Crippen LogP contribution in [0.1, 0.15) is 11.1 Å². The van der Waals surface area contributed by atoms with Gasteiger partial charge in [-0.1, -0.05) is 0 Å². The van der Waals surface area contributed by atoms with Gasteiger partial charge in [0.25, 0.3) is 0 Å². The third-order valence-electron chi connectivity index (χ3n) is 1.66. The zero-order valence-corrected chi connectivity index (χ0v) is 7.68. The average Bonchev–Trinajstić information content (AvgIpc) is 2.19. The first-order valence-electron chi connectivity index (χ1n) is 3.88. The van der Waals surface area contributed by atoms with E-state index >= 15 is 0 Å². The van der Waals surface area contributed by atoms with Crippen molar-refractivity contribution in [2.45, 2.75) is 13.0 Å². The van der Waals surface area contributed by atoms with Gasteiger partial charge >= 0.3 is 6.36 Å². The number of ether oxygens (including phenoxy) is 1. The Hall–Kier alpha value is -2.04. The molecule has 0 fully saturated rings. The minimum absolute atomic E-state index is 0.227. The van der Waals surface area contributed by atoms with Crippen molar-refractivity contribution in [3.05, 3.63) is 17.3 Å². The van der Waals surface area contributed by atoms with E-state index in [1.54, 1.807) is 6.07 Å². The standard InChI is InChI=1S/C8H5F4N3O/c9-1-5-4(2-13)3-15-7(6(5)14)16-8(10,11)12/h3H,1,14H2. The molecule has 0 bridgehead atoms. The van der Waals surface area contributed by atoms with Crippen molar-refractivity contribution in [1.29, 1.82) is 5.26 Å². The molecule has 0 aromatic carbocycles. The molecule has 1 aromatic heterocycles. The summed E-state index contributed by atoms with van der Waals surface area (Å²) in [4.78, 5) is 3.19. The van der Waals surface area contributed by atoms with Crippen molar-refractivity contribution in [3.63, 3.8) is 0 Å². The summed E-state index contributed by atoms with van der Waals surface area (Å²) in [6.07, 6.45) is -4.20. The van der Waals surface area contributed by atoms with Crippen molar-refractivity contribution in [2.75, 3.05) is 5.73 Å². The van der Waals surface area contributed by atoms with E-state index in [-0.39, 0.29) is 11.1 Å². The maximum absolute atomic E-state index is 12.5. The number of alkyl halides is 4. The molecule has 0 saturated heterocycles. The Morgan fingerprint density at radius 1 is 1.50 bits per heavy atom. The number of nitrogens with zero attached hydrogens (tertiary/aromatic N) is 2. The van der Waals surface area contributed by atoms with Crippen molar-refractivity contribution in [2.24, 2.45) is 0 Å². The lowest BCUT2D eigenvalue weighted by atomic mass is 10.1. The lowest BCUT2D eigenvalue weighted by Gasteiger charge is -2.12. The van der Waals surface area contributed by atoms with Gasteiger partial charge in [0.15, 0.2) is 0 Å². The predicted octanol–water partition coefficient (Wildman–Crippen LogP) is 1.90. The molecule has 0 aliphatic rings. The third-order valence-corrected chi connectivity index (χ3v) is 1.66. The summed E-state index contributed by atoms with van der Waals surface area (Å²) in [7, 11) is 0. The number of aromatic nitrogens is 1. The van der Waals surface area contributed by atoms with E-state index in [4.69, 9.17) is 11.0 Å². The smallest absolute Gasteiger partial charge is 0.394 e. The molecular formula is C8H5F4N3O. The number of nitrogens with two attached hydrogens (primary N) is 1. The molecule has 8 heteroatoms. The van der Waals surface area contributed by atoms with Crippen molar-refractivity contribution < 1.29 is 22.3 Å².